The van der Waals surface area contributed by atoms with Gasteiger partial charge in [0, 0.05) is 58.9 Å². The van der Waals surface area contributed by atoms with Gasteiger partial charge in [-0.05, 0) is 65.8 Å². The summed E-state index contributed by atoms with van der Waals surface area (Å²) in [5, 5.41) is 10.6. The number of nitrogens with zero attached hydrogens (tertiary/aromatic N) is 6. The molecule has 0 saturated carbocycles. The fourth-order valence-electron chi connectivity index (χ4n) is 6.01. The monoisotopic (exact) mass is 688 g/mol. The van der Waals surface area contributed by atoms with Crippen molar-refractivity contribution >= 4 is 45.2 Å². The van der Waals surface area contributed by atoms with Crippen LogP contribution >= 0.6 is 0 Å². The zero-order chi connectivity index (χ0) is 37.3. The van der Waals surface area contributed by atoms with Crippen LogP contribution in [0.15, 0.2) is 36.4 Å². The molecule has 270 valence electrons. The van der Waals surface area contributed by atoms with Gasteiger partial charge in [0.1, 0.15) is 36.0 Å². The standard InChI is InChI=1S/C38H52N6O6/c1-23(2)35(47)33-27-15-13-25(49-11)19-29(27)43(39-33)21-31(45)41(37(5,6)7)17-18-42(38(8,9)10)32(46)22-44-30-20-26(50-12)14-16-28(30)34(40-44)36(48)24(3)4/h13-16,19-20,23-24H,17-18,21-22H2,1-12H3. The van der Waals surface area contributed by atoms with E-state index >= 15 is 0 Å². The molecule has 0 atom stereocenters. The molecule has 0 aliphatic rings. The van der Waals surface area contributed by atoms with Crippen LogP contribution in [0.2, 0.25) is 0 Å². The molecule has 4 aromatic rings. The van der Waals surface area contributed by atoms with Crippen LogP contribution in [-0.2, 0) is 22.7 Å². The fourth-order valence-corrected chi connectivity index (χ4v) is 6.01. The lowest BCUT2D eigenvalue weighted by molar-refractivity contribution is -0.142. The van der Waals surface area contributed by atoms with E-state index in [1.807, 2.05) is 69.2 Å². The Bertz CT molecular complexity index is 1770. The topological polar surface area (TPSA) is 129 Å². The highest BCUT2D eigenvalue weighted by Crippen LogP contribution is 2.28. The minimum atomic E-state index is -0.595. The lowest BCUT2D eigenvalue weighted by Crippen LogP contribution is -2.54. The fraction of sp³-hybridized carbons (Fsp3) is 0.526. The lowest BCUT2D eigenvalue weighted by atomic mass is 10.0. The van der Waals surface area contributed by atoms with E-state index in [-0.39, 0.29) is 61.4 Å². The Labute approximate surface area is 294 Å². The lowest BCUT2D eigenvalue weighted by Gasteiger charge is -2.41. The van der Waals surface area contributed by atoms with Crippen LogP contribution in [-0.4, -0.2) is 91.1 Å². The second kappa shape index (κ2) is 14.6. The van der Waals surface area contributed by atoms with E-state index in [4.69, 9.17) is 9.47 Å². The quantitative estimate of drug-likeness (QED) is 0.156. The highest BCUT2D eigenvalue weighted by Gasteiger charge is 2.33. The average Bonchev–Trinajstić information content (AvgIpc) is 3.57. The van der Waals surface area contributed by atoms with Crippen LogP contribution in [0.1, 0.15) is 90.2 Å². The van der Waals surface area contributed by atoms with Crippen LogP contribution in [0.5, 0.6) is 11.5 Å². The number of aromatic nitrogens is 4. The van der Waals surface area contributed by atoms with Crippen molar-refractivity contribution in [2.75, 3.05) is 27.3 Å². The smallest absolute Gasteiger partial charge is 0.244 e. The molecule has 0 spiro atoms. The Morgan fingerprint density at radius 3 is 1.26 bits per heavy atom. The number of methoxy groups -OCH3 is 2. The van der Waals surface area contributed by atoms with Gasteiger partial charge < -0.3 is 19.3 Å². The second-order valence-corrected chi connectivity index (χ2v) is 15.2. The van der Waals surface area contributed by atoms with Crippen molar-refractivity contribution in [2.45, 2.75) is 93.4 Å². The van der Waals surface area contributed by atoms with Crippen LogP contribution in [0, 0.1) is 11.8 Å². The van der Waals surface area contributed by atoms with Gasteiger partial charge in [-0.1, -0.05) is 27.7 Å². The molecule has 12 nitrogen and oxygen atoms in total. The molecule has 0 N–H and O–H groups in total. The molecule has 50 heavy (non-hydrogen) atoms. The number of carbonyl (C=O) groups is 4. The molecule has 0 unspecified atom stereocenters. The number of amides is 2. The van der Waals surface area contributed by atoms with Crippen LogP contribution in [0.25, 0.3) is 21.8 Å². The molecule has 0 aliphatic heterocycles. The maximum Gasteiger partial charge on any atom is 0.244 e. The third kappa shape index (κ3) is 8.00. The molecule has 0 fully saturated rings. The summed E-state index contributed by atoms with van der Waals surface area (Å²) in [5.41, 5.74) is 0.697. The largest absolute Gasteiger partial charge is 0.497 e. The van der Waals surface area contributed by atoms with Gasteiger partial charge in [-0.2, -0.15) is 10.2 Å². The van der Waals surface area contributed by atoms with E-state index in [9.17, 15) is 19.2 Å². The summed E-state index contributed by atoms with van der Waals surface area (Å²) in [6.07, 6.45) is 0. The Kier molecular flexibility index (Phi) is 11.1. The van der Waals surface area contributed by atoms with Gasteiger partial charge in [0.25, 0.3) is 0 Å². The summed E-state index contributed by atoms with van der Waals surface area (Å²) >= 11 is 0. The van der Waals surface area contributed by atoms with E-state index in [1.165, 1.54) is 0 Å². The number of benzene rings is 2. The summed E-state index contributed by atoms with van der Waals surface area (Å²) < 4.78 is 14.0. The number of ether oxygens (including phenoxy) is 2. The van der Waals surface area contributed by atoms with Crippen LogP contribution in [0.4, 0.5) is 0 Å². The van der Waals surface area contributed by atoms with E-state index in [0.717, 1.165) is 0 Å². The Morgan fingerprint density at radius 1 is 0.640 bits per heavy atom. The number of rotatable bonds is 13. The van der Waals surface area contributed by atoms with Gasteiger partial charge in [-0.25, -0.2) is 0 Å². The summed E-state index contributed by atoms with van der Waals surface area (Å²) in [5.74, 6) is 0.000348. The van der Waals surface area contributed by atoms with Crippen molar-refractivity contribution in [3.05, 3.63) is 47.8 Å². The average molecular weight is 689 g/mol. The van der Waals surface area contributed by atoms with Gasteiger partial charge in [0.05, 0.1) is 25.3 Å². The molecule has 0 radical (unpaired) electrons. The predicted octanol–water partition coefficient (Wildman–Crippen LogP) is 6.04. The summed E-state index contributed by atoms with van der Waals surface area (Å²) in [6.45, 7) is 19.2. The maximum absolute atomic E-state index is 14.1. The van der Waals surface area contributed by atoms with Gasteiger partial charge in [-0.3, -0.25) is 28.5 Å². The molecule has 0 aliphatic carbocycles. The maximum atomic E-state index is 14.1. The molecular weight excluding hydrogens is 636 g/mol. The molecule has 2 heterocycles. The molecule has 0 saturated heterocycles. The number of fused-ring (bicyclic) bond motifs is 2. The molecule has 4 rings (SSSR count). The van der Waals surface area contributed by atoms with E-state index in [2.05, 4.69) is 10.2 Å². The van der Waals surface area contributed by atoms with Crippen molar-refractivity contribution in [1.29, 1.82) is 0 Å². The number of hydrogen-bond donors (Lipinski definition) is 0. The second-order valence-electron chi connectivity index (χ2n) is 15.2. The molecule has 2 aromatic heterocycles. The van der Waals surface area contributed by atoms with Crippen molar-refractivity contribution in [3.8, 4) is 11.5 Å². The zero-order valence-electron chi connectivity index (χ0n) is 31.6. The van der Waals surface area contributed by atoms with E-state index < -0.39 is 11.1 Å². The number of Topliss-reactive ketones (excluding diaryl/α,β-unsaturated/α-hetero) is 2. The first-order valence-electron chi connectivity index (χ1n) is 17.1. The first kappa shape index (κ1) is 38.1. The van der Waals surface area contributed by atoms with Crippen LogP contribution in [0.3, 0.4) is 0 Å². The van der Waals surface area contributed by atoms with Crippen LogP contribution < -0.4 is 9.47 Å². The highest BCUT2D eigenvalue weighted by atomic mass is 16.5. The first-order chi connectivity index (χ1) is 23.3. The summed E-state index contributed by atoms with van der Waals surface area (Å²) in [4.78, 5) is 57.8. The van der Waals surface area contributed by atoms with E-state index in [1.54, 1.807) is 69.8 Å². The van der Waals surface area contributed by atoms with Gasteiger partial charge in [0.2, 0.25) is 11.8 Å². The normalized spacial score (nSPS) is 12.2. The number of carbonyl (C=O) groups excluding carboxylic acids is 4. The number of ketones is 2. The van der Waals surface area contributed by atoms with Gasteiger partial charge in [-0.15, -0.1) is 0 Å². The minimum Gasteiger partial charge on any atom is -0.497 e. The third-order valence-electron chi connectivity index (χ3n) is 8.77. The van der Waals surface area contributed by atoms with Crippen molar-refractivity contribution in [2.24, 2.45) is 11.8 Å². The van der Waals surface area contributed by atoms with Crippen molar-refractivity contribution in [3.63, 3.8) is 0 Å². The van der Waals surface area contributed by atoms with Crippen molar-refractivity contribution < 1.29 is 28.7 Å². The Morgan fingerprint density at radius 2 is 0.980 bits per heavy atom. The summed E-state index contributed by atoms with van der Waals surface area (Å²) in [7, 11) is 3.12. The van der Waals surface area contributed by atoms with Crippen molar-refractivity contribution in [1.82, 2.24) is 29.4 Å². The first-order valence-corrected chi connectivity index (χ1v) is 17.1. The minimum absolute atomic E-state index is 0.108. The Balaban J connectivity index is 1.63. The zero-order valence-corrected chi connectivity index (χ0v) is 31.6. The number of hydrogen-bond acceptors (Lipinski definition) is 8. The Hall–Kier alpha value is -4.74. The van der Waals surface area contributed by atoms with Gasteiger partial charge >= 0.3 is 0 Å². The van der Waals surface area contributed by atoms with E-state index in [0.29, 0.717) is 44.7 Å². The third-order valence-corrected chi connectivity index (χ3v) is 8.77. The predicted molar refractivity (Wildman–Crippen MR) is 194 cm³/mol. The summed E-state index contributed by atoms with van der Waals surface area (Å²) in [6, 6.07) is 10.7. The molecule has 12 heteroatoms. The molecule has 0 bridgehead atoms. The van der Waals surface area contributed by atoms with Gasteiger partial charge in [0.15, 0.2) is 11.6 Å². The molecule has 2 aromatic carbocycles. The molecular formula is C38H52N6O6. The SMILES string of the molecule is COc1ccc2c(C(=O)C(C)C)nn(CC(=O)N(CCN(C(=O)Cn3nc(C(=O)C(C)C)c4ccc(OC)cc43)C(C)(C)C)C(C)(C)C)c2c1. The highest BCUT2D eigenvalue weighted by molar-refractivity contribution is 6.08. The molecule has 2 amide bonds.